The van der Waals surface area contributed by atoms with Crippen LogP contribution in [0.1, 0.15) is 10.4 Å². The Kier molecular flexibility index (Phi) is 6.47. The summed E-state index contributed by atoms with van der Waals surface area (Å²) in [5, 5.41) is 6.15. The number of rotatable bonds is 7. The lowest BCUT2D eigenvalue weighted by Crippen LogP contribution is -2.27. The molecule has 3 aromatic rings. The van der Waals surface area contributed by atoms with Gasteiger partial charge in [-0.3, -0.25) is 9.59 Å². The number of likely N-dealkylation sites (N-methyl/N-ethyl adjacent to an activating group) is 1. The van der Waals surface area contributed by atoms with E-state index in [-0.39, 0.29) is 18.4 Å². The number of hydrogen-bond donors (Lipinski definition) is 2. The fourth-order valence-corrected chi connectivity index (χ4v) is 2.57. The van der Waals surface area contributed by atoms with Crippen LogP contribution >= 0.6 is 0 Å². The topological polar surface area (TPSA) is 70.7 Å². The first-order chi connectivity index (χ1) is 14.0. The molecule has 0 aliphatic rings. The molecular weight excluding hydrogens is 366 g/mol. The third kappa shape index (κ3) is 5.59. The summed E-state index contributed by atoms with van der Waals surface area (Å²) in [7, 11) is 3.35. The van der Waals surface area contributed by atoms with Crippen LogP contribution in [0, 0.1) is 0 Å². The molecule has 3 aromatic carbocycles. The van der Waals surface area contributed by atoms with Gasteiger partial charge in [-0.15, -0.1) is 0 Å². The van der Waals surface area contributed by atoms with Crippen LogP contribution in [-0.4, -0.2) is 37.4 Å². The van der Waals surface area contributed by atoms with E-state index >= 15 is 0 Å². The first-order valence-corrected chi connectivity index (χ1v) is 9.18. The number of anilines is 3. The Labute approximate surface area is 170 Å². The van der Waals surface area contributed by atoms with Gasteiger partial charge in [-0.05, 0) is 48.5 Å². The molecule has 148 valence electrons. The number of ether oxygens (including phenoxy) is 1. The number of nitrogens with one attached hydrogen (secondary N) is 2. The van der Waals surface area contributed by atoms with Gasteiger partial charge in [0.1, 0.15) is 5.75 Å². The van der Waals surface area contributed by atoms with Crippen molar-refractivity contribution in [2.24, 2.45) is 0 Å². The third-order valence-corrected chi connectivity index (χ3v) is 4.20. The van der Waals surface area contributed by atoms with E-state index in [9.17, 15) is 9.59 Å². The molecule has 6 heteroatoms. The van der Waals surface area contributed by atoms with Gasteiger partial charge in [0.15, 0.2) is 6.61 Å². The van der Waals surface area contributed by atoms with E-state index in [0.717, 1.165) is 11.4 Å². The fourth-order valence-electron chi connectivity index (χ4n) is 2.57. The van der Waals surface area contributed by atoms with Gasteiger partial charge in [0, 0.05) is 25.5 Å². The molecule has 0 radical (unpaired) electrons. The quantitative estimate of drug-likeness (QED) is 0.637. The highest BCUT2D eigenvalue weighted by atomic mass is 16.5. The van der Waals surface area contributed by atoms with Crippen LogP contribution in [0.3, 0.4) is 0 Å². The highest BCUT2D eigenvalue weighted by molar-refractivity contribution is 6.08. The van der Waals surface area contributed by atoms with E-state index in [1.54, 1.807) is 44.4 Å². The van der Waals surface area contributed by atoms with Gasteiger partial charge in [0.25, 0.3) is 11.8 Å². The Hall–Kier alpha value is -3.80. The first kappa shape index (κ1) is 19.9. The van der Waals surface area contributed by atoms with Crippen LogP contribution in [0.5, 0.6) is 5.75 Å². The number of carbonyl (C=O) groups excluding carboxylic acids is 2. The molecule has 29 heavy (non-hydrogen) atoms. The van der Waals surface area contributed by atoms with Crippen LogP contribution in [0.2, 0.25) is 0 Å². The molecule has 0 saturated carbocycles. The predicted molar refractivity (Wildman–Crippen MR) is 115 cm³/mol. The van der Waals surface area contributed by atoms with E-state index in [2.05, 4.69) is 10.6 Å². The average molecular weight is 389 g/mol. The lowest BCUT2D eigenvalue weighted by molar-refractivity contribution is -0.130. The van der Waals surface area contributed by atoms with Crippen LogP contribution in [-0.2, 0) is 4.79 Å². The summed E-state index contributed by atoms with van der Waals surface area (Å²) in [6.07, 6.45) is 0. The third-order valence-electron chi connectivity index (χ3n) is 4.20. The Morgan fingerprint density at radius 1 is 0.828 bits per heavy atom. The number of benzene rings is 3. The minimum absolute atomic E-state index is 0.0305. The van der Waals surface area contributed by atoms with Crippen molar-refractivity contribution in [3.05, 3.63) is 84.4 Å². The first-order valence-electron chi connectivity index (χ1n) is 9.18. The smallest absolute Gasteiger partial charge is 0.259 e. The molecule has 2 amide bonds. The fraction of sp³-hybridized carbons (Fsp3) is 0.130. The molecule has 0 saturated heterocycles. The Balaban J connectivity index is 1.65. The van der Waals surface area contributed by atoms with E-state index in [4.69, 9.17) is 4.74 Å². The molecular formula is C23H23N3O3. The van der Waals surface area contributed by atoms with Crippen LogP contribution < -0.4 is 15.4 Å². The lowest BCUT2D eigenvalue weighted by atomic mass is 10.1. The zero-order valence-electron chi connectivity index (χ0n) is 16.4. The van der Waals surface area contributed by atoms with Crippen molar-refractivity contribution in [1.82, 2.24) is 4.90 Å². The van der Waals surface area contributed by atoms with Gasteiger partial charge in [-0.1, -0.05) is 30.3 Å². The molecule has 3 rings (SSSR count). The number of hydrogen-bond acceptors (Lipinski definition) is 4. The summed E-state index contributed by atoms with van der Waals surface area (Å²) in [6, 6.07) is 23.9. The summed E-state index contributed by atoms with van der Waals surface area (Å²) in [5.41, 5.74) is 2.80. The number of carbonyl (C=O) groups is 2. The maximum absolute atomic E-state index is 12.8. The molecule has 2 N–H and O–H groups in total. The van der Waals surface area contributed by atoms with E-state index < -0.39 is 0 Å². The number of para-hydroxylation sites is 2. The van der Waals surface area contributed by atoms with Crippen LogP contribution in [0.15, 0.2) is 78.9 Å². The molecule has 0 aliphatic heterocycles. The second-order valence-corrected chi connectivity index (χ2v) is 6.59. The number of amides is 2. The zero-order chi connectivity index (χ0) is 20.6. The normalized spacial score (nSPS) is 10.1. The van der Waals surface area contributed by atoms with Crippen molar-refractivity contribution in [3.63, 3.8) is 0 Å². The van der Waals surface area contributed by atoms with Gasteiger partial charge in [-0.2, -0.15) is 0 Å². The van der Waals surface area contributed by atoms with Crippen LogP contribution in [0.25, 0.3) is 0 Å². The van der Waals surface area contributed by atoms with Crippen LogP contribution in [0.4, 0.5) is 17.1 Å². The van der Waals surface area contributed by atoms with Gasteiger partial charge in [-0.25, -0.2) is 0 Å². The molecule has 6 nitrogen and oxygen atoms in total. The predicted octanol–water partition coefficient (Wildman–Crippen LogP) is 4.15. The van der Waals surface area contributed by atoms with Crippen molar-refractivity contribution >= 4 is 28.9 Å². The van der Waals surface area contributed by atoms with Crippen molar-refractivity contribution < 1.29 is 14.3 Å². The highest BCUT2D eigenvalue weighted by Crippen LogP contribution is 2.22. The summed E-state index contributed by atoms with van der Waals surface area (Å²) < 4.78 is 5.45. The summed E-state index contributed by atoms with van der Waals surface area (Å²) in [6.45, 7) is -0.0305. The van der Waals surface area contributed by atoms with Crippen molar-refractivity contribution in [1.29, 1.82) is 0 Å². The molecule has 0 fully saturated rings. The molecule has 0 aliphatic carbocycles. The summed E-state index contributed by atoms with van der Waals surface area (Å²) in [5.74, 6) is 0.217. The Bertz CT molecular complexity index is 970. The SMILES string of the molecule is CN(C)C(=O)COc1ccc(NC(=O)c2ccccc2Nc2ccccc2)cc1. The Morgan fingerprint density at radius 3 is 2.17 bits per heavy atom. The van der Waals surface area contributed by atoms with Crippen molar-refractivity contribution in [3.8, 4) is 5.75 Å². The van der Waals surface area contributed by atoms with Crippen molar-refractivity contribution in [2.45, 2.75) is 0 Å². The van der Waals surface area contributed by atoms with E-state index in [0.29, 0.717) is 17.0 Å². The maximum Gasteiger partial charge on any atom is 0.259 e. The summed E-state index contributed by atoms with van der Waals surface area (Å²) >= 11 is 0. The second-order valence-electron chi connectivity index (χ2n) is 6.59. The van der Waals surface area contributed by atoms with E-state index in [1.165, 1.54) is 4.90 Å². The minimum atomic E-state index is -0.222. The molecule has 0 heterocycles. The highest BCUT2D eigenvalue weighted by Gasteiger charge is 2.12. The van der Waals surface area contributed by atoms with Gasteiger partial charge < -0.3 is 20.3 Å². The second kappa shape index (κ2) is 9.41. The molecule has 0 spiro atoms. The molecule has 0 aromatic heterocycles. The van der Waals surface area contributed by atoms with Crippen molar-refractivity contribution in [2.75, 3.05) is 31.3 Å². The Morgan fingerprint density at radius 2 is 1.48 bits per heavy atom. The summed E-state index contributed by atoms with van der Waals surface area (Å²) in [4.78, 5) is 25.8. The molecule has 0 atom stereocenters. The minimum Gasteiger partial charge on any atom is -0.484 e. The maximum atomic E-state index is 12.8. The average Bonchev–Trinajstić information content (AvgIpc) is 2.74. The number of nitrogens with zero attached hydrogens (tertiary/aromatic N) is 1. The van der Waals surface area contributed by atoms with Gasteiger partial charge >= 0.3 is 0 Å². The van der Waals surface area contributed by atoms with Gasteiger partial charge in [0.05, 0.1) is 11.3 Å². The zero-order valence-corrected chi connectivity index (χ0v) is 16.4. The van der Waals surface area contributed by atoms with E-state index in [1.807, 2.05) is 48.5 Å². The van der Waals surface area contributed by atoms with Gasteiger partial charge in [0.2, 0.25) is 0 Å². The lowest BCUT2D eigenvalue weighted by Gasteiger charge is -2.13. The largest absolute Gasteiger partial charge is 0.484 e. The standard InChI is InChI=1S/C23H23N3O3/c1-26(2)22(27)16-29-19-14-12-18(13-15-19)25-23(28)20-10-6-7-11-21(20)24-17-8-4-3-5-9-17/h3-15,24H,16H2,1-2H3,(H,25,28). The monoisotopic (exact) mass is 389 g/mol. The molecule has 0 unspecified atom stereocenters. The molecule has 0 bridgehead atoms.